The Bertz CT molecular complexity index is 1180. The Kier molecular flexibility index (Phi) is 6.72. The number of allylic oxidation sites excluding steroid dienone is 1. The predicted octanol–water partition coefficient (Wildman–Crippen LogP) is 5.68. The van der Waals surface area contributed by atoms with Crippen LogP contribution in [0.1, 0.15) is 30.5 Å². The average Bonchev–Trinajstić information content (AvgIpc) is 2.79. The number of carbonyl (C=O) groups is 1. The smallest absolute Gasteiger partial charge is 0.284 e. The molecule has 0 aliphatic heterocycles. The third-order valence-corrected chi connectivity index (χ3v) is 5.02. The van der Waals surface area contributed by atoms with Gasteiger partial charge in [0.05, 0.1) is 5.69 Å². The molecular formula is C25H23F2N3O. The highest BCUT2D eigenvalue weighted by atomic mass is 19.1. The minimum atomic E-state index is -1.04. The van der Waals surface area contributed by atoms with Crippen molar-refractivity contribution in [2.75, 3.05) is 5.32 Å². The molecule has 4 N–H and O–H groups in total. The van der Waals surface area contributed by atoms with E-state index >= 15 is 0 Å². The molecule has 0 saturated heterocycles. The molecule has 0 heterocycles. The molecule has 0 aliphatic carbocycles. The first kappa shape index (κ1) is 22.1. The fraction of sp³-hybridized carbons (Fsp3) is 0.120. The maximum absolute atomic E-state index is 14.7. The normalized spacial score (nSPS) is 11.6. The molecular weight excluding hydrogens is 396 g/mol. The van der Waals surface area contributed by atoms with Crippen LogP contribution in [0.15, 0.2) is 72.6 Å². The Morgan fingerprint density at radius 2 is 1.71 bits per heavy atom. The fourth-order valence-electron chi connectivity index (χ4n) is 3.22. The summed E-state index contributed by atoms with van der Waals surface area (Å²) in [5.74, 6) is -2.73. The zero-order chi connectivity index (χ0) is 22.5. The molecule has 0 saturated carbocycles. The van der Waals surface area contributed by atoms with Crippen LogP contribution in [0.4, 0.5) is 14.5 Å². The Morgan fingerprint density at radius 1 is 1.00 bits per heavy atom. The molecule has 3 aromatic carbocycles. The second kappa shape index (κ2) is 9.45. The maximum atomic E-state index is 14.7. The maximum Gasteiger partial charge on any atom is 0.284 e. The largest absolute Gasteiger partial charge is 0.326 e. The topological polar surface area (TPSA) is 79.0 Å². The zero-order valence-electron chi connectivity index (χ0n) is 17.3. The van der Waals surface area contributed by atoms with Gasteiger partial charge in [0.15, 0.2) is 5.83 Å². The SMILES string of the molecule is CC(=N)c1cccc(/C(C)=C(/F)C(=O)Nc2ccc(-c3ccccc3CN)cc2F)c1. The molecule has 0 aromatic heterocycles. The molecule has 1 amide bonds. The van der Waals surface area contributed by atoms with E-state index in [-0.39, 0.29) is 11.3 Å². The van der Waals surface area contributed by atoms with Crippen LogP contribution in [0.2, 0.25) is 0 Å². The van der Waals surface area contributed by atoms with Crippen LogP contribution in [-0.4, -0.2) is 11.6 Å². The number of halogens is 2. The zero-order valence-corrected chi connectivity index (χ0v) is 17.3. The molecule has 0 atom stereocenters. The number of carbonyl (C=O) groups excluding carboxylic acids is 1. The molecule has 0 spiro atoms. The lowest BCUT2D eigenvalue weighted by Gasteiger charge is -2.11. The summed E-state index contributed by atoms with van der Waals surface area (Å²) in [7, 11) is 0. The van der Waals surface area contributed by atoms with Gasteiger partial charge in [0, 0.05) is 12.3 Å². The van der Waals surface area contributed by atoms with Gasteiger partial charge in [0.2, 0.25) is 0 Å². The molecule has 6 heteroatoms. The summed E-state index contributed by atoms with van der Waals surface area (Å²) >= 11 is 0. The van der Waals surface area contributed by atoms with Gasteiger partial charge in [-0.2, -0.15) is 0 Å². The van der Waals surface area contributed by atoms with Crippen molar-refractivity contribution in [3.63, 3.8) is 0 Å². The summed E-state index contributed by atoms with van der Waals surface area (Å²) in [5.41, 5.74) is 9.45. The number of hydrogen-bond acceptors (Lipinski definition) is 3. The van der Waals surface area contributed by atoms with Gasteiger partial charge in [0.1, 0.15) is 5.82 Å². The quantitative estimate of drug-likeness (QED) is 0.355. The van der Waals surface area contributed by atoms with Crippen molar-refractivity contribution >= 4 is 22.9 Å². The van der Waals surface area contributed by atoms with Crippen molar-refractivity contribution in [3.8, 4) is 11.1 Å². The lowest BCUT2D eigenvalue weighted by Crippen LogP contribution is -2.14. The third-order valence-electron chi connectivity index (χ3n) is 5.02. The summed E-state index contributed by atoms with van der Waals surface area (Å²) in [6, 6.07) is 18.4. The van der Waals surface area contributed by atoms with Crippen molar-refractivity contribution in [1.82, 2.24) is 0 Å². The van der Waals surface area contributed by atoms with Gasteiger partial charge >= 0.3 is 0 Å². The molecule has 31 heavy (non-hydrogen) atoms. The second-order valence-corrected chi connectivity index (χ2v) is 7.15. The van der Waals surface area contributed by atoms with E-state index in [1.54, 1.807) is 37.3 Å². The molecule has 0 radical (unpaired) electrons. The molecule has 3 aromatic rings. The minimum absolute atomic E-state index is 0.106. The van der Waals surface area contributed by atoms with E-state index in [9.17, 15) is 13.6 Å². The lowest BCUT2D eigenvalue weighted by molar-refractivity contribution is -0.114. The van der Waals surface area contributed by atoms with Crippen LogP contribution >= 0.6 is 0 Å². The Hall–Kier alpha value is -3.64. The number of anilines is 1. The number of amides is 1. The van der Waals surface area contributed by atoms with Crippen molar-refractivity contribution in [1.29, 1.82) is 5.41 Å². The number of nitrogens with one attached hydrogen (secondary N) is 2. The predicted molar refractivity (Wildman–Crippen MR) is 121 cm³/mol. The van der Waals surface area contributed by atoms with E-state index in [0.29, 0.717) is 28.9 Å². The Balaban J connectivity index is 1.85. The fourth-order valence-corrected chi connectivity index (χ4v) is 3.22. The third kappa shape index (κ3) is 4.92. The van der Waals surface area contributed by atoms with Crippen LogP contribution in [0.3, 0.4) is 0 Å². The van der Waals surface area contributed by atoms with Gasteiger partial charge in [-0.25, -0.2) is 8.78 Å². The highest BCUT2D eigenvalue weighted by molar-refractivity contribution is 6.07. The van der Waals surface area contributed by atoms with Gasteiger partial charge in [-0.15, -0.1) is 0 Å². The van der Waals surface area contributed by atoms with Crippen molar-refractivity contribution in [3.05, 3.63) is 95.1 Å². The van der Waals surface area contributed by atoms with Crippen molar-refractivity contribution in [2.24, 2.45) is 5.73 Å². The van der Waals surface area contributed by atoms with Crippen LogP contribution in [-0.2, 0) is 11.3 Å². The molecule has 0 bridgehead atoms. The van der Waals surface area contributed by atoms with Crippen molar-refractivity contribution in [2.45, 2.75) is 20.4 Å². The lowest BCUT2D eigenvalue weighted by atomic mass is 9.99. The Labute approximate surface area is 179 Å². The van der Waals surface area contributed by atoms with Crippen LogP contribution < -0.4 is 11.1 Å². The van der Waals surface area contributed by atoms with Gasteiger partial charge < -0.3 is 16.5 Å². The van der Waals surface area contributed by atoms with Gasteiger partial charge in [0.25, 0.3) is 5.91 Å². The highest BCUT2D eigenvalue weighted by Crippen LogP contribution is 2.28. The molecule has 0 aliphatic rings. The number of nitrogens with two attached hydrogens (primary N) is 1. The highest BCUT2D eigenvalue weighted by Gasteiger charge is 2.17. The van der Waals surface area contributed by atoms with Gasteiger partial charge in [-0.1, -0.05) is 48.5 Å². The molecule has 158 valence electrons. The van der Waals surface area contributed by atoms with E-state index in [0.717, 1.165) is 11.1 Å². The van der Waals surface area contributed by atoms with E-state index in [1.807, 2.05) is 24.3 Å². The summed E-state index contributed by atoms with van der Waals surface area (Å²) in [4.78, 5) is 12.4. The van der Waals surface area contributed by atoms with Crippen LogP contribution in [0, 0.1) is 11.2 Å². The summed E-state index contributed by atoms with van der Waals surface area (Å²) in [6.45, 7) is 3.40. The van der Waals surface area contributed by atoms with Gasteiger partial charge in [-0.05, 0) is 65.4 Å². The van der Waals surface area contributed by atoms with E-state index < -0.39 is 17.6 Å². The average molecular weight is 419 g/mol. The van der Waals surface area contributed by atoms with E-state index in [2.05, 4.69) is 5.32 Å². The summed E-state index contributed by atoms with van der Waals surface area (Å²) in [6.07, 6.45) is 0. The standard InChI is InChI=1S/C25H23F2N3O/c1-15(17-7-5-8-18(12-17)16(2)29)24(27)25(31)30-23-11-10-19(13-22(23)26)21-9-4-3-6-20(21)14-28/h3-13,29H,14,28H2,1-2H3,(H,30,31)/b24-15+,29-16?. The van der Waals surface area contributed by atoms with Crippen LogP contribution in [0.5, 0.6) is 0 Å². The van der Waals surface area contributed by atoms with Crippen molar-refractivity contribution < 1.29 is 13.6 Å². The number of hydrogen-bond donors (Lipinski definition) is 3. The number of benzene rings is 3. The first-order chi connectivity index (χ1) is 14.8. The Morgan fingerprint density at radius 3 is 2.39 bits per heavy atom. The minimum Gasteiger partial charge on any atom is -0.326 e. The van der Waals surface area contributed by atoms with E-state index in [1.165, 1.54) is 19.1 Å². The molecule has 0 unspecified atom stereocenters. The first-order valence-corrected chi connectivity index (χ1v) is 9.73. The van der Waals surface area contributed by atoms with E-state index in [4.69, 9.17) is 11.1 Å². The summed E-state index contributed by atoms with van der Waals surface area (Å²) in [5, 5.41) is 10.00. The first-order valence-electron chi connectivity index (χ1n) is 9.73. The molecule has 4 nitrogen and oxygen atoms in total. The number of rotatable bonds is 6. The molecule has 0 fully saturated rings. The monoisotopic (exact) mass is 419 g/mol. The second-order valence-electron chi connectivity index (χ2n) is 7.15. The summed E-state index contributed by atoms with van der Waals surface area (Å²) < 4.78 is 29.4. The van der Waals surface area contributed by atoms with Gasteiger partial charge in [-0.3, -0.25) is 4.79 Å². The van der Waals surface area contributed by atoms with Crippen LogP contribution in [0.25, 0.3) is 16.7 Å². The molecule has 3 rings (SSSR count).